The molecule has 0 bridgehead atoms. The minimum Gasteiger partial charge on any atom is -0.464 e. The molecule has 0 rings (SSSR count). The molecular formula is C12H18ClNO6. The number of hydrogen-bond donors (Lipinski definition) is 1. The number of halogens is 1. The third kappa shape index (κ3) is 4.80. The number of Topliss-reactive ketones (excluding diaryl/α,β-unsaturated/α-hetero) is 1. The standard InChI is InChI=1S/C12H18ClNO6/c1-4-19-10(17)12(14-8(3)15,6-9(16)7-13)11(18)20-5-2/h4-7H2,1-3H3,(H,14,15). The number of esters is 2. The first-order valence-electron chi connectivity index (χ1n) is 6.04. The van der Waals surface area contributed by atoms with Gasteiger partial charge in [0.1, 0.15) is 0 Å². The van der Waals surface area contributed by atoms with Gasteiger partial charge >= 0.3 is 11.9 Å². The highest BCUT2D eigenvalue weighted by Crippen LogP contribution is 2.17. The Balaban J connectivity index is 5.60. The number of nitrogens with one attached hydrogen (secondary N) is 1. The first-order valence-corrected chi connectivity index (χ1v) is 6.58. The number of carbonyl (C=O) groups excluding carboxylic acids is 4. The van der Waals surface area contributed by atoms with E-state index in [9.17, 15) is 19.2 Å². The van der Waals surface area contributed by atoms with Gasteiger partial charge in [-0.15, -0.1) is 11.6 Å². The fourth-order valence-corrected chi connectivity index (χ4v) is 1.62. The van der Waals surface area contributed by atoms with Gasteiger partial charge in [0.2, 0.25) is 11.4 Å². The van der Waals surface area contributed by atoms with Crippen LogP contribution in [0.4, 0.5) is 0 Å². The van der Waals surface area contributed by atoms with Crippen LogP contribution < -0.4 is 5.32 Å². The summed E-state index contributed by atoms with van der Waals surface area (Å²) in [6.45, 7) is 4.14. The first kappa shape index (κ1) is 18.4. The van der Waals surface area contributed by atoms with Crippen LogP contribution >= 0.6 is 11.6 Å². The Hall–Kier alpha value is -1.63. The van der Waals surface area contributed by atoms with Gasteiger partial charge < -0.3 is 14.8 Å². The summed E-state index contributed by atoms with van der Waals surface area (Å²) in [6.07, 6.45) is -0.617. The summed E-state index contributed by atoms with van der Waals surface area (Å²) in [5, 5.41) is 2.16. The van der Waals surface area contributed by atoms with E-state index in [2.05, 4.69) is 5.32 Å². The Morgan fingerprint density at radius 2 is 1.50 bits per heavy atom. The van der Waals surface area contributed by atoms with Crippen LogP contribution in [0, 0.1) is 0 Å². The summed E-state index contributed by atoms with van der Waals surface area (Å²) in [7, 11) is 0. The lowest BCUT2D eigenvalue weighted by molar-refractivity contribution is -0.169. The normalized spacial score (nSPS) is 10.6. The molecule has 0 aliphatic heterocycles. The number of rotatable bonds is 8. The first-order chi connectivity index (χ1) is 9.33. The largest absolute Gasteiger partial charge is 0.464 e. The molecule has 114 valence electrons. The van der Waals surface area contributed by atoms with Crippen molar-refractivity contribution >= 4 is 35.2 Å². The lowest BCUT2D eigenvalue weighted by Crippen LogP contribution is -2.62. The third-order valence-electron chi connectivity index (χ3n) is 2.25. The third-order valence-corrected chi connectivity index (χ3v) is 2.55. The SMILES string of the molecule is CCOC(=O)C(CC(=O)CCl)(NC(C)=O)C(=O)OCC. The monoisotopic (exact) mass is 307 g/mol. The zero-order valence-electron chi connectivity index (χ0n) is 11.7. The number of carbonyl (C=O) groups is 4. The van der Waals surface area contributed by atoms with E-state index >= 15 is 0 Å². The van der Waals surface area contributed by atoms with Crippen molar-refractivity contribution < 1.29 is 28.7 Å². The van der Waals surface area contributed by atoms with Gasteiger partial charge in [-0.2, -0.15) is 0 Å². The average molecular weight is 308 g/mol. The van der Waals surface area contributed by atoms with Crippen molar-refractivity contribution in [1.82, 2.24) is 5.32 Å². The van der Waals surface area contributed by atoms with Gasteiger partial charge in [0.25, 0.3) is 0 Å². The quantitative estimate of drug-likeness (QED) is 0.390. The Morgan fingerprint density at radius 1 is 1.05 bits per heavy atom. The van der Waals surface area contributed by atoms with E-state index in [1.165, 1.54) is 13.8 Å². The van der Waals surface area contributed by atoms with E-state index in [-0.39, 0.29) is 13.2 Å². The van der Waals surface area contributed by atoms with Crippen molar-refractivity contribution in [1.29, 1.82) is 0 Å². The minimum absolute atomic E-state index is 0.0192. The van der Waals surface area contributed by atoms with E-state index in [1.807, 2.05) is 0 Å². The van der Waals surface area contributed by atoms with Crippen LogP contribution in [0.15, 0.2) is 0 Å². The van der Waals surface area contributed by atoms with E-state index in [1.54, 1.807) is 0 Å². The molecule has 0 atom stereocenters. The maximum Gasteiger partial charge on any atom is 0.344 e. The summed E-state index contributed by atoms with van der Waals surface area (Å²) >= 11 is 5.39. The number of amides is 1. The van der Waals surface area contributed by atoms with Crippen molar-refractivity contribution in [3.63, 3.8) is 0 Å². The second-order valence-electron chi connectivity index (χ2n) is 3.88. The Bertz CT molecular complexity index is 377. The van der Waals surface area contributed by atoms with Crippen molar-refractivity contribution in [2.24, 2.45) is 0 Å². The highest BCUT2D eigenvalue weighted by molar-refractivity contribution is 6.28. The number of hydrogen-bond acceptors (Lipinski definition) is 6. The van der Waals surface area contributed by atoms with Gasteiger partial charge in [0.15, 0.2) is 5.78 Å². The fraction of sp³-hybridized carbons (Fsp3) is 0.667. The molecule has 7 nitrogen and oxygen atoms in total. The Labute approximate surface area is 121 Å². The molecule has 0 aliphatic rings. The van der Waals surface area contributed by atoms with Crippen LogP contribution in [-0.2, 0) is 28.7 Å². The number of ketones is 1. The molecule has 20 heavy (non-hydrogen) atoms. The lowest BCUT2D eigenvalue weighted by atomic mass is 9.92. The van der Waals surface area contributed by atoms with Crippen molar-refractivity contribution in [2.75, 3.05) is 19.1 Å². The second kappa shape index (κ2) is 8.52. The van der Waals surface area contributed by atoms with Crippen LogP contribution in [-0.4, -0.2) is 48.3 Å². The van der Waals surface area contributed by atoms with Crippen LogP contribution in [0.1, 0.15) is 27.2 Å². The smallest absolute Gasteiger partial charge is 0.344 e. The molecule has 1 amide bonds. The highest BCUT2D eigenvalue weighted by Gasteiger charge is 2.51. The van der Waals surface area contributed by atoms with Crippen LogP contribution in [0.3, 0.4) is 0 Å². The van der Waals surface area contributed by atoms with Crippen LogP contribution in [0.2, 0.25) is 0 Å². The molecule has 0 aromatic rings. The van der Waals surface area contributed by atoms with Gasteiger partial charge in [-0.05, 0) is 13.8 Å². The Kier molecular flexibility index (Phi) is 7.83. The summed E-state index contributed by atoms with van der Waals surface area (Å²) in [5.41, 5.74) is -2.19. The maximum absolute atomic E-state index is 12.0. The van der Waals surface area contributed by atoms with E-state index in [0.29, 0.717) is 0 Å². The average Bonchev–Trinajstić information content (AvgIpc) is 2.37. The topological polar surface area (TPSA) is 98.8 Å². The molecule has 0 aliphatic carbocycles. The highest BCUT2D eigenvalue weighted by atomic mass is 35.5. The molecule has 0 aromatic carbocycles. The van der Waals surface area contributed by atoms with Gasteiger partial charge in [0, 0.05) is 6.92 Å². The van der Waals surface area contributed by atoms with Crippen LogP contribution in [0.25, 0.3) is 0 Å². The molecule has 0 saturated carbocycles. The van der Waals surface area contributed by atoms with Crippen molar-refractivity contribution in [2.45, 2.75) is 32.7 Å². The predicted molar refractivity (Wildman–Crippen MR) is 70.2 cm³/mol. The maximum atomic E-state index is 12.0. The van der Waals surface area contributed by atoms with Gasteiger partial charge in [0.05, 0.1) is 25.5 Å². The predicted octanol–water partition coefficient (Wildman–Crippen LogP) is 0.185. The van der Waals surface area contributed by atoms with Gasteiger partial charge in [-0.25, -0.2) is 9.59 Å². The fourth-order valence-electron chi connectivity index (χ4n) is 1.53. The zero-order chi connectivity index (χ0) is 15.8. The van der Waals surface area contributed by atoms with E-state index < -0.39 is 41.5 Å². The summed E-state index contributed by atoms with van der Waals surface area (Å²) in [6, 6.07) is 0. The molecule has 0 radical (unpaired) electrons. The molecule has 8 heteroatoms. The molecule has 0 spiro atoms. The molecule has 0 unspecified atom stereocenters. The van der Waals surface area contributed by atoms with E-state index in [4.69, 9.17) is 21.1 Å². The Morgan fingerprint density at radius 3 is 1.80 bits per heavy atom. The summed E-state index contributed by atoms with van der Waals surface area (Å²) in [4.78, 5) is 46.9. The van der Waals surface area contributed by atoms with Gasteiger partial charge in [-0.1, -0.05) is 0 Å². The zero-order valence-corrected chi connectivity index (χ0v) is 12.4. The number of alkyl halides is 1. The minimum atomic E-state index is -2.19. The molecule has 1 N–H and O–H groups in total. The van der Waals surface area contributed by atoms with E-state index in [0.717, 1.165) is 6.92 Å². The van der Waals surface area contributed by atoms with Crippen LogP contribution in [0.5, 0.6) is 0 Å². The van der Waals surface area contributed by atoms with Crippen molar-refractivity contribution in [3.05, 3.63) is 0 Å². The lowest BCUT2D eigenvalue weighted by Gasteiger charge is -2.28. The molecule has 0 heterocycles. The molecule has 0 saturated heterocycles. The molecular weight excluding hydrogens is 290 g/mol. The molecule has 0 fully saturated rings. The van der Waals surface area contributed by atoms with Crippen molar-refractivity contribution in [3.8, 4) is 0 Å². The summed E-state index contributed by atoms with van der Waals surface area (Å²) in [5.74, 6) is -3.77. The number of ether oxygens (including phenoxy) is 2. The second-order valence-corrected chi connectivity index (χ2v) is 4.14. The molecule has 0 aromatic heterocycles. The summed E-state index contributed by atoms with van der Waals surface area (Å²) < 4.78 is 9.54. The van der Waals surface area contributed by atoms with Gasteiger partial charge in [-0.3, -0.25) is 9.59 Å².